The molecule has 4 heterocycles. The molecule has 4 rings (SSSR count). The Labute approximate surface area is 165 Å². The van der Waals surface area contributed by atoms with Crippen molar-refractivity contribution >= 4 is 5.91 Å². The molecule has 7 nitrogen and oxygen atoms in total. The molecular formula is C21H26N6O. The normalized spacial score (nSPS) is 17.1. The van der Waals surface area contributed by atoms with Crippen LogP contribution < -0.4 is 0 Å². The Morgan fingerprint density at radius 1 is 1.25 bits per heavy atom. The second kappa shape index (κ2) is 7.96. The van der Waals surface area contributed by atoms with Gasteiger partial charge in [-0.2, -0.15) is 5.10 Å². The Balaban J connectivity index is 1.51. The first-order valence-corrected chi connectivity index (χ1v) is 9.89. The summed E-state index contributed by atoms with van der Waals surface area (Å²) in [6.45, 7) is 7.03. The average Bonchev–Trinajstić information content (AvgIpc) is 3.34. The summed E-state index contributed by atoms with van der Waals surface area (Å²) in [5.41, 5.74) is 2.84. The summed E-state index contributed by atoms with van der Waals surface area (Å²) in [4.78, 5) is 23.8. The van der Waals surface area contributed by atoms with Crippen molar-refractivity contribution < 1.29 is 4.79 Å². The molecule has 0 saturated carbocycles. The van der Waals surface area contributed by atoms with E-state index >= 15 is 0 Å². The highest BCUT2D eigenvalue weighted by Crippen LogP contribution is 2.27. The molecule has 0 spiro atoms. The van der Waals surface area contributed by atoms with Gasteiger partial charge in [-0.1, -0.05) is 0 Å². The van der Waals surface area contributed by atoms with Crippen molar-refractivity contribution in [3.05, 3.63) is 65.8 Å². The number of piperidine rings is 1. The maximum Gasteiger partial charge on any atom is 0.257 e. The fourth-order valence-electron chi connectivity index (χ4n) is 4.02. The van der Waals surface area contributed by atoms with Crippen LogP contribution in [0.1, 0.15) is 53.1 Å². The van der Waals surface area contributed by atoms with Gasteiger partial charge in [0.2, 0.25) is 0 Å². The van der Waals surface area contributed by atoms with Crippen LogP contribution in [-0.4, -0.2) is 48.2 Å². The fourth-order valence-corrected chi connectivity index (χ4v) is 4.02. The van der Waals surface area contributed by atoms with Crippen molar-refractivity contribution in [3.63, 3.8) is 0 Å². The zero-order valence-corrected chi connectivity index (χ0v) is 16.5. The molecular weight excluding hydrogens is 352 g/mol. The number of hydrogen-bond donors (Lipinski definition) is 0. The molecule has 0 radical (unpaired) electrons. The maximum atomic E-state index is 13.1. The first-order valence-electron chi connectivity index (χ1n) is 9.89. The van der Waals surface area contributed by atoms with E-state index in [4.69, 9.17) is 0 Å². The number of likely N-dealkylation sites (tertiary alicyclic amines) is 1. The van der Waals surface area contributed by atoms with Gasteiger partial charge in [-0.15, -0.1) is 0 Å². The predicted molar refractivity (Wildman–Crippen MR) is 106 cm³/mol. The molecule has 0 N–H and O–H groups in total. The van der Waals surface area contributed by atoms with E-state index in [2.05, 4.69) is 19.6 Å². The third kappa shape index (κ3) is 3.56. The predicted octanol–water partition coefficient (Wildman–Crippen LogP) is 2.87. The largest absolute Gasteiger partial charge is 0.338 e. The Morgan fingerprint density at radius 2 is 2.07 bits per heavy atom. The van der Waals surface area contributed by atoms with Gasteiger partial charge in [-0.3, -0.25) is 14.5 Å². The number of rotatable bonds is 5. The first kappa shape index (κ1) is 18.4. The van der Waals surface area contributed by atoms with Crippen LogP contribution in [0.4, 0.5) is 0 Å². The molecule has 0 bridgehead atoms. The van der Waals surface area contributed by atoms with E-state index in [1.165, 1.54) is 5.56 Å². The highest BCUT2D eigenvalue weighted by molar-refractivity contribution is 5.95. The zero-order valence-electron chi connectivity index (χ0n) is 16.5. The van der Waals surface area contributed by atoms with Gasteiger partial charge >= 0.3 is 0 Å². The van der Waals surface area contributed by atoms with Gasteiger partial charge in [-0.25, -0.2) is 4.98 Å². The Bertz CT molecular complexity index is 945. The van der Waals surface area contributed by atoms with Crippen molar-refractivity contribution in [3.8, 4) is 0 Å². The number of aromatic nitrogens is 5. The summed E-state index contributed by atoms with van der Waals surface area (Å²) in [6.07, 6.45) is 11.2. The Hall–Kier alpha value is -2.96. The number of carbonyl (C=O) groups excluding carboxylic acids is 1. The average molecular weight is 378 g/mol. The lowest BCUT2D eigenvalue weighted by molar-refractivity contribution is 0.0702. The van der Waals surface area contributed by atoms with Gasteiger partial charge in [0.15, 0.2) is 0 Å². The van der Waals surface area contributed by atoms with Crippen LogP contribution >= 0.6 is 0 Å². The van der Waals surface area contributed by atoms with Crippen molar-refractivity contribution in [2.75, 3.05) is 13.1 Å². The minimum atomic E-state index is 0.0779. The number of carbonyl (C=O) groups is 1. The number of pyridine rings is 1. The van der Waals surface area contributed by atoms with Crippen LogP contribution in [-0.2, 0) is 13.1 Å². The van der Waals surface area contributed by atoms with Crippen LogP contribution in [0, 0.1) is 6.92 Å². The smallest absolute Gasteiger partial charge is 0.257 e. The topological polar surface area (TPSA) is 68.8 Å². The SMILES string of the molecule is CCn1ncc(C(=O)N2CCC[C@@H](c3nccn3Cc3ccncc3)C2)c1C. The number of imidazole rings is 1. The summed E-state index contributed by atoms with van der Waals surface area (Å²) in [5.74, 6) is 1.38. The summed E-state index contributed by atoms with van der Waals surface area (Å²) in [6, 6.07) is 4.04. The number of hydrogen-bond acceptors (Lipinski definition) is 4. The lowest BCUT2D eigenvalue weighted by Gasteiger charge is -2.32. The minimum Gasteiger partial charge on any atom is -0.338 e. The van der Waals surface area contributed by atoms with Crippen LogP contribution in [0.3, 0.4) is 0 Å². The molecule has 0 unspecified atom stereocenters. The monoisotopic (exact) mass is 378 g/mol. The van der Waals surface area contributed by atoms with Crippen LogP contribution in [0.2, 0.25) is 0 Å². The quantitative estimate of drug-likeness (QED) is 0.685. The fraction of sp³-hybridized carbons (Fsp3) is 0.429. The molecule has 1 fully saturated rings. The number of amides is 1. The highest BCUT2D eigenvalue weighted by Gasteiger charge is 2.29. The summed E-state index contributed by atoms with van der Waals surface area (Å²) in [5, 5.41) is 4.33. The van der Waals surface area contributed by atoms with Crippen LogP contribution in [0.25, 0.3) is 0 Å². The zero-order chi connectivity index (χ0) is 19.5. The van der Waals surface area contributed by atoms with Crippen molar-refractivity contribution in [1.82, 2.24) is 29.2 Å². The van der Waals surface area contributed by atoms with Gasteiger partial charge in [-0.05, 0) is 44.4 Å². The van der Waals surface area contributed by atoms with E-state index in [-0.39, 0.29) is 11.8 Å². The molecule has 1 atom stereocenters. The molecule has 1 saturated heterocycles. The van der Waals surface area contributed by atoms with E-state index in [0.717, 1.165) is 44.0 Å². The molecule has 0 aliphatic carbocycles. The summed E-state index contributed by atoms with van der Waals surface area (Å²) >= 11 is 0. The van der Waals surface area contributed by atoms with Crippen molar-refractivity contribution in [2.24, 2.45) is 0 Å². The van der Waals surface area contributed by atoms with Crippen molar-refractivity contribution in [2.45, 2.75) is 45.7 Å². The molecule has 28 heavy (non-hydrogen) atoms. The van der Waals surface area contributed by atoms with E-state index in [0.29, 0.717) is 12.1 Å². The van der Waals surface area contributed by atoms with Crippen LogP contribution in [0.5, 0.6) is 0 Å². The maximum absolute atomic E-state index is 13.1. The number of aryl methyl sites for hydroxylation is 1. The third-order valence-electron chi connectivity index (χ3n) is 5.56. The standard InChI is InChI=1S/C21H26N6O/c1-3-27-16(2)19(13-24-27)21(28)26-11-4-5-18(15-26)20-23-10-12-25(20)14-17-6-8-22-9-7-17/h6-10,12-13,18H,3-5,11,14-15H2,1-2H3/t18-/m1/s1. The lowest BCUT2D eigenvalue weighted by atomic mass is 9.96. The molecule has 0 aromatic carbocycles. The minimum absolute atomic E-state index is 0.0779. The molecule has 1 amide bonds. The molecule has 3 aromatic heterocycles. The lowest BCUT2D eigenvalue weighted by Crippen LogP contribution is -2.40. The van der Waals surface area contributed by atoms with E-state index in [1.807, 2.05) is 60.3 Å². The molecule has 1 aliphatic heterocycles. The summed E-state index contributed by atoms with van der Waals surface area (Å²) < 4.78 is 4.06. The van der Waals surface area contributed by atoms with Gasteiger partial charge < -0.3 is 9.47 Å². The van der Waals surface area contributed by atoms with Crippen molar-refractivity contribution in [1.29, 1.82) is 0 Å². The highest BCUT2D eigenvalue weighted by atomic mass is 16.2. The van der Waals surface area contributed by atoms with Gasteiger partial charge in [0.1, 0.15) is 5.82 Å². The van der Waals surface area contributed by atoms with E-state index < -0.39 is 0 Å². The van der Waals surface area contributed by atoms with E-state index in [9.17, 15) is 4.79 Å². The van der Waals surface area contributed by atoms with E-state index in [1.54, 1.807) is 6.20 Å². The van der Waals surface area contributed by atoms with Gasteiger partial charge in [0.05, 0.1) is 11.8 Å². The van der Waals surface area contributed by atoms with Gasteiger partial charge in [0, 0.05) is 62.6 Å². The molecule has 146 valence electrons. The second-order valence-electron chi connectivity index (χ2n) is 7.32. The van der Waals surface area contributed by atoms with Gasteiger partial charge in [0.25, 0.3) is 5.91 Å². The summed E-state index contributed by atoms with van der Waals surface area (Å²) in [7, 11) is 0. The molecule has 1 aliphatic rings. The Morgan fingerprint density at radius 3 is 2.82 bits per heavy atom. The first-order chi connectivity index (χ1) is 13.7. The molecule has 3 aromatic rings. The molecule has 7 heteroatoms. The number of nitrogens with zero attached hydrogens (tertiary/aromatic N) is 6. The second-order valence-corrected chi connectivity index (χ2v) is 7.32. The van der Waals surface area contributed by atoms with Crippen LogP contribution in [0.15, 0.2) is 43.1 Å². The third-order valence-corrected chi connectivity index (χ3v) is 5.56. The Kier molecular flexibility index (Phi) is 5.23.